The molecule has 2 rings (SSSR count). The van der Waals surface area contributed by atoms with Gasteiger partial charge in [0.05, 0.1) is 13.2 Å². The summed E-state index contributed by atoms with van der Waals surface area (Å²) < 4.78 is 29.4. The van der Waals surface area contributed by atoms with Crippen LogP contribution in [0.2, 0.25) is 0 Å². The van der Waals surface area contributed by atoms with Gasteiger partial charge in [0.25, 0.3) is 0 Å². The van der Waals surface area contributed by atoms with Gasteiger partial charge in [-0.3, -0.25) is 9.05 Å². The highest BCUT2D eigenvalue weighted by Gasteiger charge is 2.62. The van der Waals surface area contributed by atoms with Crippen LogP contribution in [0.3, 0.4) is 0 Å². The number of rotatable bonds is 8. The van der Waals surface area contributed by atoms with Crippen molar-refractivity contribution in [2.24, 2.45) is 16.7 Å². The standard InChI is InChI=1S/C17H29O4P/c1-7-10-13-14-11-12-17(6,16(14,4)5)15(13)21-22(18,19-8-2)20-9-3/h7,14H,1,8-12H2,2-6H3/t14-,17+/m1/s1. The van der Waals surface area contributed by atoms with Gasteiger partial charge >= 0.3 is 7.82 Å². The van der Waals surface area contributed by atoms with E-state index < -0.39 is 7.82 Å². The molecule has 0 unspecified atom stereocenters. The molecule has 0 heterocycles. The molecule has 0 aromatic heterocycles. The number of fused-ring (bicyclic) bond motifs is 2. The van der Waals surface area contributed by atoms with Gasteiger partial charge < -0.3 is 4.52 Å². The zero-order valence-corrected chi connectivity index (χ0v) is 15.4. The first-order valence-corrected chi connectivity index (χ1v) is 9.65. The molecule has 2 aliphatic rings. The molecule has 0 spiro atoms. The topological polar surface area (TPSA) is 44.8 Å². The van der Waals surface area contributed by atoms with Gasteiger partial charge in [0, 0.05) is 5.41 Å². The number of allylic oxidation sites excluding steroid dienone is 3. The average Bonchev–Trinajstić information content (AvgIpc) is 2.73. The predicted octanol–water partition coefficient (Wildman–Crippen LogP) is 5.47. The van der Waals surface area contributed by atoms with Crippen LogP contribution in [0.5, 0.6) is 0 Å². The minimum absolute atomic E-state index is 0.0872. The first-order chi connectivity index (χ1) is 10.3. The normalized spacial score (nSPS) is 30.0. The molecule has 22 heavy (non-hydrogen) atoms. The fourth-order valence-electron chi connectivity index (χ4n) is 4.10. The summed E-state index contributed by atoms with van der Waals surface area (Å²) in [4.78, 5) is 0. The third-order valence-electron chi connectivity index (χ3n) is 5.58. The van der Waals surface area contributed by atoms with Gasteiger partial charge in [-0.1, -0.05) is 26.8 Å². The maximum Gasteiger partial charge on any atom is 0.529 e. The summed E-state index contributed by atoms with van der Waals surface area (Å²) in [7, 11) is -3.55. The molecule has 4 nitrogen and oxygen atoms in total. The monoisotopic (exact) mass is 328 g/mol. The Morgan fingerprint density at radius 1 is 1.27 bits per heavy atom. The second kappa shape index (κ2) is 6.14. The molecule has 2 bridgehead atoms. The number of phosphoric ester groups is 1. The first kappa shape index (κ1) is 17.8. The van der Waals surface area contributed by atoms with E-state index in [4.69, 9.17) is 13.6 Å². The zero-order valence-electron chi connectivity index (χ0n) is 14.5. The Labute approximate surface area is 134 Å². The van der Waals surface area contributed by atoms with Crippen molar-refractivity contribution in [2.45, 2.75) is 53.9 Å². The third-order valence-corrected chi connectivity index (χ3v) is 7.14. The Balaban J connectivity index is 2.41. The molecule has 2 atom stereocenters. The summed E-state index contributed by atoms with van der Waals surface area (Å²) in [6.07, 6.45) is 4.84. The van der Waals surface area contributed by atoms with Crippen molar-refractivity contribution in [3.63, 3.8) is 0 Å². The molecular formula is C17H29O4P. The lowest BCUT2D eigenvalue weighted by atomic mass is 9.70. The van der Waals surface area contributed by atoms with Crippen LogP contribution >= 0.6 is 7.82 Å². The van der Waals surface area contributed by atoms with Gasteiger partial charge in [-0.05, 0) is 50.0 Å². The molecule has 0 aromatic carbocycles. The number of phosphoric acid groups is 1. The minimum Gasteiger partial charge on any atom is -0.408 e. The minimum atomic E-state index is -3.55. The summed E-state index contributed by atoms with van der Waals surface area (Å²) in [5.74, 6) is 1.26. The van der Waals surface area contributed by atoms with Crippen molar-refractivity contribution in [2.75, 3.05) is 13.2 Å². The maximum atomic E-state index is 12.8. The van der Waals surface area contributed by atoms with Crippen LogP contribution in [0.15, 0.2) is 24.0 Å². The van der Waals surface area contributed by atoms with Crippen molar-refractivity contribution in [3.8, 4) is 0 Å². The fraction of sp³-hybridized carbons (Fsp3) is 0.765. The molecule has 2 aliphatic carbocycles. The summed E-state index contributed by atoms with van der Waals surface area (Å²) in [6.45, 7) is 14.8. The van der Waals surface area contributed by atoms with Gasteiger partial charge in [-0.2, -0.15) is 0 Å². The van der Waals surface area contributed by atoms with E-state index in [-0.39, 0.29) is 10.8 Å². The predicted molar refractivity (Wildman–Crippen MR) is 88.4 cm³/mol. The van der Waals surface area contributed by atoms with Crippen LogP contribution in [-0.2, 0) is 18.1 Å². The van der Waals surface area contributed by atoms with Gasteiger partial charge in [-0.25, -0.2) is 4.57 Å². The van der Waals surface area contributed by atoms with E-state index in [0.717, 1.165) is 25.0 Å². The van der Waals surface area contributed by atoms with E-state index in [1.807, 2.05) is 6.08 Å². The van der Waals surface area contributed by atoms with Gasteiger partial charge in [0.15, 0.2) is 0 Å². The van der Waals surface area contributed by atoms with Crippen molar-refractivity contribution < 1.29 is 18.1 Å². The van der Waals surface area contributed by atoms with Gasteiger partial charge in [0.1, 0.15) is 5.76 Å². The lowest BCUT2D eigenvalue weighted by Gasteiger charge is -2.37. The van der Waals surface area contributed by atoms with Crippen LogP contribution in [-0.4, -0.2) is 13.2 Å². The summed E-state index contributed by atoms with van der Waals surface area (Å²) in [5, 5.41) is 0. The van der Waals surface area contributed by atoms with E-state index in [1.54, 1.807) is 13.8 Å². The smallest absolute Gasteiger partial charge is 0.408 e. The van der Waals surface area contributed by atoms with Crippen LogP contribution < -0.4 is 0 Å². The summed E-state index contributed by atoms with van der Waals surface area (Å²) in [6, 6.07) is 0. The van der Waals surface area contributed by atoms with Gasteiger partial charge in [0.2, 0.25) is 0 Å². The molecule has 0 radical (unpaired) electrons. The Kier molecular flexibility index (Phi) is 4.97. The third kappa shape index (κ3) is 2.60. The highest BCUT2D eigenvalue weighted by atomic mass is 31.2. The molecular weight excluding hydrogens is 299 g/mol. The Morgan fingerprint density at radius 2 is 1.86 bits per heavy atom. The largest absolute Gasteiger partial charge is 0.529 e. The Bertz CT molecular complexity index is 513. The highest BCUT2D eigenvalue weighted by molar-refractivity contribution is 7.48. The van der Waals surface area contributed by atoms with E-state index in [2.05, 4.69) is 27.4 Å². The van der Waals surface area contributed by atoms with Crippen molar-refractivity contribution in [1.29, 1.82) is 0 Å². The van der Waals surface area contributed by atoms with E-state index in [1.165, 1.54) is 5.57 Å². The number of hydrogen-bond donors (Lipinski definition) is 0. The van der Waals surface area contributed by atoms with E-state index >= 15 is 0 Å². The Morgan fingerprint density at radius 3 is 2.36 bits per heavy atom. The summed E-state index contributed by atoms with van der Waals surface area (Å²) >= 11 is 0. The SMILES string of the molecule is C=CCC1=C(OP(=O)(OCC)OCC)[C@]2(C)CC[C@H]1C2(C)C. The molecule has 0 aromatic rings. The van der Waals surface area contributed by atoms with Crippen molar-refractivity contribution in [3.05, 3.63) is 24.0 Å². The molecule has 0 aliphatic heterocycles. The second-order valence-corrected chi connectivity index (χ2v) is 8.46. The molecule has 0 N–H and O–H groups in total. The lowest BCUT2D eigenvalue weighted by Crippen LogP contribution is -2.30. The zero-order chi connectivity index (χ0) is 16.6. The summed E-state index contributed by atoms with van der Waals surface area (Å²) in [5.41, 5.74) is 1.18. The maximum absolute atomic E-state index is 12.8. The molecule has 5 heteroatoms. The molecule has 0 amide bonds. The average molecular weight is 328 g/mol. The van der Waals surface area contributed by atoms with Crippen LogP contribution in [0.25, 0.3) is 0 Å². The molecule has 126 valence electrons. The first-order valence-electron chi connectivity index (χ1n) is 8.19. The highest BCUT2D eigenvalue weighted by Crippen LogP contribution is 2.71. The van der Waals surface area contributed by atoms with Crippen LogP contribution in [0.4, 0.5) is 0 Å². The quantitative estimate of drug-likeness (QED) is 0.438. The molecule has 1 fully saturated rings. The van der Waals surface area contributed by atoms with Gasteiger partial charge in [-0.15, -0.1) is 6.58 Å². The fourth-order valence-corrected chi connectivity index (χ4v) is 5.45. The van der Waals surface area contributed by atoms with Crippen LogP contribution in [0.1, 0.15) is 53.9 Å². The van der Waals surface area contributed by atoms with E-state index in [9.17, 15) is 4.57 Å². The van der Waals surface area contributed by atoms with Crippen molar-refractivity contribution >= 4 is 7.82 Å². The van der Waals surface area contributed by atoms with Crippen molar-refractivity contribution in [1.82, 2.24) is 0 Å². The van der Waals surface area contributed by atoms with Crippen LogP contribution in [0, 0.1) is 16.7 Å². The Hall–Kier alpha value is -0.570. The number of hydrogen-bond acceptors (Lipinski definition) is 4. The second-order valence-electron chi connectivity index (χ2n) is 6.87. The lowest BCUT2D eigenvalue weighted by molar-refractivity contribution is 0.0909. The molecule has 1 saturated carbocycles. The van der Waals surface area contributed by atoms with E-state index in [0.29, 0.717) is 19.1 Å². The molecule has 0 saturated heterocycles.